The molecule has 3 aromatic rings. The van der Waals surface area contributed by atoms with Crippen LogP contribution >= 0.6 is 23.2 Å². The molecule has 8 heteroatoms. The van der Waals surface area contributed by atoms with E-state index in [1.54, 1.807) is 21.8 Å². The van der Waals surface area contributed by atoms with Crippen LogP contribution in [-0.4, -0.2) is 25.5 Å². The summed E-state index contributed by atoms with van der Waals surface area (Å²) >= 11 is 11.9. The molecule has 0 saturated carbocycles. The standard InChI is InChI=1S/C16H15Cl2N5O/c1-2-23-15(14(18)8-20-23)16(24)21-13-7-19-22(10-13)9-11-3-5-12(17)6-4-11/h3-8,10H,2,9H2,1H3,(H,21,24). The molecule has 1 amide bonds. The molecule has 0 aliphatic heterocycles. The van der Waals surface area contributed by atoms with Gasteiger partial charge in [0.25, 0.3) is 5.91 Å². The number of nitrogens with one attached hydrogen (secondary N) is 1. The number of anilines is 1. The molecule has 24 heavy (non-hydrogen) atoms. The summed E-state index contributed by atoms with van der Waals surface area (Å²) in [7, 11) is 0. The molecule has 0 unspecified atom stereocenters. The molecule has 0 radical (unpaired) electrons. The van der Waals surface area contributed by atoms with Crippen LogP contribution in [0.5, 0.6) is 0 Å². The van der Waals surface area contributed by atoms with Gasteiger partial charge >= 0.3 is 0 Å². The van der Waals surface area contributed by atoms with Gasteiger partial charge in [-0.25, -0.2) is 0 Å². The Balaban J connectivity index is 1.70. The molecule has 2 aromatic heterocycles. The second kappa shape index (κ2) is 7.07. The number of hydrogen-bond donors (Lipinski definition) is 1. The van der Waals surface area contributed by atoms with Gasteiger partial charge in [-0.1, -0.05) is 35.3 Å². The molecule has 0 fully saturated rings. The first-order valence-electron chi connectivity index (χ1n) is 7.36. The number of aryl methyl sites for hydroxylation is 1. The Morgan fingerprint density at radius 3 is 2.62 bits per heavy atom. The monoisotopic (exact) mass is 363 g/mol. The van der Waals surface area contributed by atoms with E-state index in [1.807, 2.05) is 31.2 Å². The SMILES string of the molecule is CCn1ncc(Cl)c1C(=O)Nc1cnn(Cc2ccc(Cl)cc2)c1. The first-order valence-corrected chi connectivity index (χ1v) is 8.12. The van der Waals surface area contributed by atoms with Crippen molar-refractivity contribution in [2.45, 2.75) is 20.0 Å². The largest absolute Gasteiger partial charge is 0.318 e. The zero-order valence-electron chi connectivity index (χ0n) is 12.9. The van der Waals surface area contributed by atoms with Gasteiger partial charge in [-0.2, -0.15) is 10.2 Å². The lowest BCUT2D eigenvalue weighted by Crippen LogP contribution is -2.17. The Hall–Kier alpha value is -2.31. The summed E-state index contributed by atoms with van der Waals surface area (Å²) < 4.78 is 3.29. The number of carbonyl (C=O) groups is 1. The second-order valence-corrected chi connectivity index (χ2v) is 6.01. The molecule has 0 spiro atoms. The van der Waals surface area contributed by atoms with Crippen LogP contribution in [0.3, 0.4) is 0 Å². The van der Waals surface area contributed by atoms with Crippen LogP contribution in [0.1, 0.15) is 23.0 Å². The smallest absolute Gasteiger partial charge is 0.275 e. The molecule has 0 atom stereocenters. The fourth-order valence-corrected chi connectivity index (χ4v) is 2.66. The summed E-state index contributed by atoms with van der Waals surface area (Å²) in [5.41, 5.74) is 1.99. The normalized spacial score (nSPS) is 10.8. The Kier molecular flexibility index (Phi) is 4.87. The highest BCUT2D eigenvalue weighted by atomic mass is 35.5. The van der Waals surface area contributed by atoms with Gasteiger partial charge in [-0.3, -0.25) is 14.2 Å². The molecule has 0 aliphatic rings. The Bertz CT molecular complexity index is 854. The maximum Gasteiger partial charge on any atom is 0.275 e. The maximum atomic E-state index is 12.4. The van der Waals surface area contributed by atoms with Crippen molar-refractivity contribution >= 4 is 34.8 Å². The van der Waals surface area contributed by atoms with Crippen molar-refractivity contribution < 1.29 is 4.79 Å². The molecule has 0 aliphatic carbocycles. The summed E-state index contributed by atoms with van der Waals surface area (Å²) in [5.74, 6) is -0.314. The van der Waals surface area contributed by atoms with E-state index >= 15 is 0 Å². The first kappa shape index (κ1) is 16.5. The van der Waals surface area contributed by atoms with Gasteiger partial charge < -0.3 is 5.32 Å². The van der Waals surface area contributed by atoms with Crippen molar-refractivity contribution in [2.75, 3.05) is 5.32 Å². The van der Waals surface area contributed by atoms with Crippen molar-refractivity contribution in [3.05, 3.63) is 64.2 Å². The van der Waals surface area contributed by atoms with Crippen LogP contribution in [0.4, 0.5) is 5.69 Å². The number of rotatable bonds is 5. The highest BCUT2D eigenvalue weighted by molar-refractivity contribution is 6.34. The third-order valence-electron chi connectivity index (χ3n) is 3.46. The second-order valence-electron chi connectivity index (χ2n) is 5.16. The van der Waals surface area contributed by atoms with Gasteiger partial charge in [-0.05, 0) is 24.6 Å². The lowest BCUT2D eigenvalue weighted by molar-refractivity contribution is 0.101. The maximum absolute atomic E-state index is 12.4. The minimum absolute atomic E-state index is 0.314. The fraction of sp³-hybridized carbons (Fsp3) is 0.188. The van der Waals surface area contributed by atoms with Crippen LogP contribution in [-0.2, 0) is 13.1 Å². The number of amides is 1. The predicted molar refractivity (Wildman–Crippen MR) is 93.6 cm³/mol. The molecule has 1 aromatic carbocycles. The predicted octanol–water partition coefficient (Wildman–Crippen LogP) is 3.71. The molecular formula is C16H15Cl2N5O. The van der Waals surface area contributed by atoms with Crippen molar-refractivity contribution in [1.82, 2.24) is 19.6 Å². The van der Waals surface area contributed by atoms with E-state index < -0.39 is 0 Å². The van der Waals surface area contributed by atoms with Crippen molar-refractivity contribution in [1.29, 1.82) is 0 Å². The van der Waals surface area contributed by atoms with Gasteiger partial charge in [0.15, 0.2) is 0 Å². The first-order chi connectivity index (χ1) is 11.6. The summed E-state index contributed by atoms with van der Waals surface area (Å²) in [6.07, 6.45) is 4.81. The summed E-state index contributed by atoms with van der Waals surface area (Å²) in [6.45, 7) is 3.04. The minimum atomic E-state index is -0.314. The molecule has 1 N–H and O–H groups in total. The summed E-state index contributed by atoms with van der Waals surface area (Å²) in [4.78, 5) is 12.4. The summed E-state index contributed by atoms with van der Waals surface area (Å²) in [5, 5.41) is 12.1. The summed E-state index contributed by atoms with van der Waals surface area (Å²) in [6, 6.07) is 7.53. The van der Waals surface area contributed by atoms with Crippen molar-refractivity contribution in [3.8, 4) is 0 Å². The third-order valence-corrected chi connectivity index (χ3v) is 3.99. The number of aromatic nitrogens is 4. The molecule has 124 valence electrons. The number of hydrogen-bond acceptors (Lipinski definition) is 3. The van der Waals surface area contributed by atoms with E-state index in [-0.39, 0.29) is 5.91 Å². The van der Waals surface area contributed by atoms with Crippen molar-refractivity contribution in [3.63, 3.8) is 0 Å². The molecule has 6 nitrogen and oxygen atoms in total. The van der Waals surface area contributed by atoms with E-state index in [4.69, 9.17) is 23.2 Å². The quantitative estimate of drug-likeness (QED) is 0.751. The molecule has 0 saturated heterocycles. The third kappa shape index (κ3) is 3.60. The highest BCUT2D eigenvalue weighted by Gasteiger charge is 2.17. The van der Waals surface area contributed by atoms with Gasteiger partial charge in [0.1, 0.15) is 5.69 Å². The lowest BCUT2D eigenvalue weighted by atomic mass is 10.2. The van der Waals surface area contributed by atoms with E-state index in [9.17, 15) is 4.79 Å². The van der Waals surface area contributed by atoms with Crippen LogP contribution in [0, 0.1) is 0 Å². The van der Waals surface area contributed by atoms with E-state index in [2.05, 4.69) is 15.5 Å². The van der Waals surface area contributed by atoms with E-state index in [0.717, 1.165) is 5.56 Å². The molecule has 3 rings (SSSR count). The van der Waals surface area contributed by atoms with Gasteiger partial charge in [-0.15, -0.1) is 0 Å². The van der Waals surface area contributed by atoms with Crippen molar-refractivity contribution in [2.24, 2.45) is 0 Å². The Morgan fingerprint density at radius 1 is 1.17 bits per heavy atom. The fourth-order valence-electron chi connectivity index (χ4n) is 2.31. The van der Waals surface area contributed by atoms with Gasteiger partial charge in [0, 0.05) is 17.8 Å². The number of carbonyl (C=O) groups excluding carboxylic acids is 1. The Labute approximate surface area is 149 Å². The number of benzene rings is 1. The lowest BCUT2D eigenvalue weighted by Gasteiger charge is -2.05. The molecule has 0 bridgehead atoms. The number of nitrogens with zero attached hydrogens (tertiary/aromatic N) is 4. The Morgan fingerprint density at radius 2 is 1.92 bits per heavy atom. The van der Waals surface area contributed by atoms with Gasteiger partial charge in [0.05, 0.1) is 29.6 Å². The molecular weight excluding hydrogens is 349 g/mol. The van der Waals surface area contributed by atoms with Gasteiger partial charge in [0.2, 0.25) is 0 Å². The minimum Gasteiger partial charge on any atom is -0.318 e. The highest BCUT2D eigenvalue weighted by Crippen LogP contribution is 2.17. The van der Waals surface area contributed by atoms with E-state index in [0.29, 0.717) is 34.5 Å². The van der Waals surface area contributed by atoms with E-state index in [1.165, 1.54) is 6.20 Å². The average molecular weight is 364 g/mol. The van der Waals surface area contributed by atoms with Crippen LogP contribution in [0.15, 0.2) is 42.9 Å². The topological polar surface area (TPSA) is 64.7 Å². The van der Waals surface area contributed by atoms with Crippen LogP contribution in [0.25, 0.3) is 0 Å². The average Bonchev–Trinajstić information content (AvgIpc) is 3.15. The zero-order chi connectivity index (χ0) is 17.1. The van der Waals surface area contributed by atoms with Crippen LogP contribution < -0.4 is 5.32 Å². The number of halogens is 2. The molecule has 2 heterocycles. The van der Waals surface area contributed by atoms with Crippen LogP contribution in [0.2, 0.25) is 10.0 Å². The zero-order valence-corrected chi connectivity index (χ0v) is 14.4.